The summed E-state index contributed by atoms with van der Waals surface area (Å²) < 4.78 is 0. The van der Waals surface area contributed by atoms with E-state index in [-0.39, 0.29) is 11.8 Å². The molecule has 1 unspecified atom stereocenters. The fourth-order valence-corrected chi connectivity index (χ4v) is 2.86. The van der Waals surface area contributed by atoms with E-state index >= 15 is 0 Å². The predicted octanol–water partition coefficient (Wildman–Crippen LogP) is 3.31. The lowest BCUT2D eigenvalue weighted by atomic mass is 9.97. The minimum atomic E-state index is -0.288. The molecule has 4 heteroatoms. The maximum atomic E-state index is 11.9. The van der Waals surface area contributed by atoms with Gasteiger partial charge in [0.05, 0.1) is 5.71 Å². The number of nitrogens with zero attached hydrogens (tertiary/aromatic N) is 2. The van der Waals surface area contributed by atoms with Crippen LogP contribution in [0.15, 0.2) is 58.6 Å². The Bertz CT molecular complexity index is 654. The number of allylic oxidation sites excluding steroid dienone is 3. The molecule has 1 aromatic carbocycles. The molecule has 3 nitrogen and oxygen atoms in total. The number of benzene rings is 1. The van der Waals surface area contributed by atoms with Gasteiger partial charge >= 0.3 is 0 Å². The van der Waals surface area contributed by atoms with Gasteiger partial charge in [-0.25, -0.2) is 4.99 Å². The highest BCUT2D eigenvalue weighted by Gasteiger charge is 2.26. The molecule has 1 aromatic rings. The van der Waals surface area contributed by atoms with Gasteiger partial charge in [-0.05, 0) is 18.6 Å². The van der Waals surface area contributed by atoms with Gasteiger partial charge < -0.3 is 0 Å². The highest BCUT2D eigenvalue weighted by Crippen LogP contribution is 2.22. The van der Waals surface area contributed by atoms with Crippen molar-refractivity contribution < 1.29 is 4.79 Å². The van der Waals surface area contributed by atoms with Gasteiger partial charge in [-0.2, -0.15) is 4.99 Å². The fraction of sp³-hybridized carbons (Fsp3) is 0.188. The molecule has 1 aliphatic carbocycles. The van der Waals surface area contributed by atoms with Crippen molar-refractivity contribution in [1.29, 1.82) is 0 Å². The van der Waals surface area contributed by atoms with Crippen LogP contribution in [0.3, 0.4) is 0 Å². The predicted molar refractivity (Wildman–Crippen MR) is 84.1 cm³/mol. The Morgan fingerprint density at radius 3 is 2.75 bits per heavy atom. The molecule has 1 heterocycles. The lowest BCUT2D eigenvalue weighted by Crippen LogP contribution is -2.26. The van der Waals surface area contributed by atoms with E-state index < -0.39 is 0 Å². The molecule has 3 rings (SSSR count). The normalized spacial score (nSPS) is 20.4. The summed E-state index contributed by atoms with van der Waals surface area (Å²) in [5, 5.41) is 0.557. The van der Waals surface area contributed by atoms with Crippen LogP contribution in [0.1, 0.15) is 11.1 Å². The van der Waals surface area contributed by atoms with Crippen molar-refractivity contribution in [2.24, 2.45) is 15.9 Å². The van der Waals surface area contributed by atoms with Gasteiger partial charge in [0.2, 0.25) is 0 Å². The van der Waals surface area contributed by atoms with Gasteiger partial charge in [0.25, 0.3) is 5.91 Å². The van der Waals surface area contributed by atoms with E-state index in [1.54, 1.807) is 0 Å². The molecule has 0 bridgehead atoms. The van der Waals surface area contributed by atoms with Crippen molar-refractivity contribution in [3.05, 3.63) is 59.7 Å². The highest BCUT2D eigenvalue weighted by atomic mass is 32.2. The smallest absolute Gasteiger partial charge is 0.261 e. The lowest BCUT2D eigenvalue weighted by Gasteiger charge is -2.17. The molecular formula is C16H14N2OS. The summed E-state index contributed by atoms with van der Waals surface area (Å²) in [6.45, 7) is 2.07. The number of hydrogen-bond acceptors (Lipinski definition) is 3. The van der Waals surface area contributed by atoms with Crippen LogP contribution >= 0.6 is 11.8 Å². The topological polar surface area (TPSA) is 41.8 Å². The number of aliphatic imine (C=N–C) groups is 2. The van der Waals surface area contributed by atoms with Crippen LogP contribution in [0.5, 0.6) is 0 Å². The maximum absolute atomic E-state index is 11.9. The zero-order chi connectivity index (χ0) is 13.9. The number of hydrogen-bond donors (Lipinski definition) is 0. The van der Waals surface area contributed by atoms with E-state index in [0.29, 0.717) is 5.17 Å². The molecule has 0 N–H and O–H groups in total. The molecule has 2 aliphatic rings. The Kier molecular flexibility index (Phi) is 3.65. The van der Waals surface area contributed by atoms with Crippen molar-refractivity contribution in [3.63, 3.8) is 0 Å². The quantitative estimate of drug-likeness (QED) is 0.835. The van der Waals surface area contributed by atoms with Crippen molar-refractivity contribution >= 4 is 28.5 Å². The van der Waals surface area contributed by atoms with E-state index in [2.05, 4.69) is 41.2 Å². The second kappa shape index (κ2) is 5.59. The van der Waals surface area contributed by atoms with Gasteiger partial charge in [-0.15, -0.1) is 0 Å². The molecule has 0 fully saturated rings. The van der Waals surface area contributed by atoms with Gasteiger partial charge in [-0.3, -0.25) is 4.79 Å². The molecule has 0 radical (unpaired) electrons. The van der Waals surface area contributed by atoms with E-state index in [1.165, 1.54) is 22.9 Å². The lowest BCUT2D eigenvalue weighted by molar-refractivity contribution is -0.118. The van der Waals surface area contributed by atoms with Crippen LogP contribution < -0.4 is 0 Å². The highest BCUT2D eigenvalue weighted by molar-refractivity contribution is 8.13. The van der Waals surface area contributed by atoms with Crippen LogP contribution in [-0.4, -0.2) is 16.8 Å². The Morgan fingerprint density at radius 1 is 1.15 bits per heavy atom. The number of fused-ring (bicyclic) bond motifs is 1. The number of carbonyl (C=O) groups is 1. The summed E-state index contributed by atoms with van der Waals surface area (Å²) in [4.78, 5) is 20.5. The van der Waals surface area contributed by atoms with Crippen molar-refractivity contribution in [3.8, 4) is 0 Å². The zero-order valence-electron chi connectivity index (χ0n) is 11.1. The summed E-state index contributed by atoms with van der Waals surface area (Å²) >= 11 is 1.50. The van der Waals surface area contributed by atoms with E-state index in [0.717, 1.165) is 11.5 Å². The van der Waals surface area contributed by atoms with Crippen LogP contribution in [0, 0.1) is 12.8 Å². The summed E-state index contributed by atoms with van der Waals surface area (Å²) in [6, 6.07) is 8.35. The number of amides is 1. The molecule has 1 atom stereocenters. The Labute approximate surface area is 122 Å². The Balaban J connectivity index is 1.71. The minimum absolute atomic E-state index is 0.123. The first kappa shape index (κ1) is 13.1. The molecule has 0 saturated carbocycles. The van der Waals surface area contributed by atoms with Crippen LogP contribution in [0.2, 0.25) is 0 Å². The average molecular weight is 282 g/mol. The van der Waals surface area contributed by atoms with Crippen molar-refractivity contribution in [2.75, 3.05) is 0 Å². The number of carbonyl (C=O) groups excluding carboxylic acids is 1. The van der Waals surface area contributed by atoms with Crippen LogP contribution in [-0.2, 0) is 10.5 Å². The van der Waals surface area contributed by atoms with Crippen molar-refractivity contribution in [2.45, 2.75) is 12.7 Å². The van der Waals surface area contributed by atoms with Gasteiger partial charge in [-0.1, -0.05) is 59.8 Å². The van der Waals surface area contributed by atoms with Crippen molar-refractivity contribution in [1.82, 2.24) is 0 Å². The molecule has 1 aliphatic heterocycles. The maximum Gasteiger partial charge on any atom is 0.261 e. The van der Waals surface area contributed by atoms with Gasteiger partial charge in [0.1, 0.15) is 5.92 Å². The molecule has 20 heavy (non-hydrogen) atoms. The average Bonchev–Trinajstić information content (AvgIpc) is 2.47. The van der Waals surface area contributed by atoms with E-state index in [9.17, 15) is 4.79 Å². The number of rotatable bonds is 2. The summed E-state index contributed by atoms with van der Waals surface area (Å²) in [7, 11) is 0. The molecule has 0 saturated heterocycles. The third kappa shape index (κ3) is 2.80. The number of aryl methyl sites for hydroxylation is 1. The second-order valence-electron chi connectivity index (χ2n) is 4.77. The third-order valence-corrected chi connectivity index (χ3v) is 4.10. The van der Waals surface area contributed by atoms with Gasteiger partial charge in [0.15, 0.2) is 5.17 Å². The summed E-state index contributed by atoms with van der Waals surface area (Å²) in [5.41, 5.74) is 3.24. The summed E-state index contributed by atoms with van der Waals surface area (Å²) in [6.07, 6.45) is 7.48. The van der Waals surface area contributed by atoms with E-state index in [4.69, 9.17) is 0 Å². The molecular weight excluding hydrogens is 268 g/mol. The number of amidine groups is 1. The first-order chi connectivity index (χ1) is 9.72. The first-order valence-electron chi connectivity index (χ1n) is 6.47. The van der Waals surface area contributed by atoms with Gasteiger partial charge in [0, 0.05) is 5.75 Å². The zero-order valence-corrected chi connectivity index (χ0v) is 11.9. The molecule has 0 spiro atoms. The fourth-order valence-electron chi connectivity index (χ4n) is 2.04. The second-order valence-corrected chi connectivity index (χ2v) is 5.71. The molecule has 0 aromatic heterocycles. The molecule has 100 valence electrons. The minimum Gasteiger partial charge on any atom is -0.271 e. The summed E-state index contributed by atoms with van der Waals surface area (Å²) in [5.74, 6) is 0.360. The van der Waals surface area contributed by atoms with Crippen LogP contribution in [0.4, 0.5) is 0 Å². The first-order valence-corrected chi connectivity index (χ1v) is 7.45. The Hall–Kier alpha value is -1.94. The largest absolute Gasteiger partial charge is 0.271 e. The van der Waals surface area contributed by atoms with E-state index in [1.807, 2.05) is 24.3 Å². The standard InChI is InChI=1S/C16H14N2OS/c1-11-6-8-12(9-7-11)10-20-16-17-14-5-3-2-4-13(14)15(19)18-16/h2-9,13H,10H2,1H3. The SMILES string of the molecule is Cc1ccc(CSC2=NC(=O)C3C=CC=CC3=N2)cc1. The monoisotopic (exact) mass is 282 g/mol. The Morgan fingerprint density at radius 2 is 1.95 bits per heavy atom. The van der Waals surface area contributed by atoms with Crippen LogP contribution in [0.25, 0.3) is 0 Å². The molecule has 1 amide bonds. The number of thioether (sulfide) groups is 1. The third-order valence-electron chi connectivity index (χ3n) is 3.19.